The molecule has 0 fully saturated rings. The van der Waals surface area contributed by atoms with Crippen LogP contribution in [0, 0.1) is 0 Å². The van der Waals surface area contributed by atoms with Crippen LogP contribution >= 0.6 is 11.8 Å². The Bertz CT molecular complexity index is 475. The van der Waals surface area contributed by atoms with E-state index in [0.717, 1.165) is 17.9 Å². The van der Waals surface area contributed by atoms with Crippen LogP contribution in [-0.2, 0) is 0 Å². The normalized spacial score (nSPS) is 25.3. The van der Waals surface area contributed by atoms with Crippen molar-refractivity contribution in [3.63, 3.8) is 0 Å². The highest BCUT2D eigenvalue weighted by molar-refractivity contribution is 8.00. The minimum absolute atomic E-state index is 0.419. The topological polar surface area (TPSA) is 30.5 Å². The highest BCUT2D eigenvalue weighted by Crippen LogP contribution is 2.46. The van der Waals surface area contributed by atoms with E-state index in [1.165, 1.54) is 10.5 Å². The largest absolute Gasteiger partial charge is 0.486 e. The molecule has 0 aromatic heterocycles. The average Bonchev–Trinajstić information content (AvgIpc) is 2.36. The zero-order valence-corrected chi connectivity index (χ0v) is 12.5. The molecule has 0 amide bonds. The van der Waals surface area contributed by atoms with Crippen LogP contribution in [0.15, 0.2) is 17.0 Å². The summed E-state index contributed by atoms with van der Waals surface area (Å²) in [5, 5.41) is 4.30. The number of hydrogen-bond acceptors (Lipinski definition) is 4. The van der Waals surface area contributed by atoms with Crippen molar-refractivity contribution in [1.29, 1.82) is 0 Å². The summed E-state index contributed by atoms with van der Waals surface area (Å²) in [6.07, 6.45) is 1.16. The summed E-state index contributed by atoms with van der Waals surface area (Å²) in [4.78, 5) is 1.33. The number of benzene rings is 1. The molecular weight excluding hydrogens is 258 g/mol. The maximum atomic E-state index is 5.71. The van der Waals surface area contributed by atoms with Crippen LogP contribution < -0.4 is 14.8 Å². The van der Waals surface area contributed by atoms with Crippen LogP contribution in [0.2, 0.25) is 0 Å². The number of hydrogen-bond donors (Lipinski definition) is 1. The molecule has 0 saturated carbocycles. The van der Waals surface area contributed by atoms with Gasteiger partial charge in [-0.3, -0.25) is 0 Å². The molecule has 2 heterocycles. The van der Waals surface area contributed by atoms with E-state index in [-0.39, 0.29) is 0 Å². The molecule has 0 bridgehead atoms. The second-order valence-corrected chi connectivity index (χ2v) is 7.05. The molecule has 1 aromatic carbocycles. The fourth-order valence-corrected chi connectivity index (χ4v) is 3.98. The van der Waals surface area contributed by atoms with Gasteiger partial charge in [-0.15, -0.1) is 11.8 Å². The van der Waals surface area contributed by atoms with Crippen LogP contribution in [0.3, 0.4) is 0 Å². The molecule has 0 spiro atoms. The maximum Gasteiger partial charge on any atom is 0.162 e. The molecular formula is C15H21NO2S. The van der Waals surface area contributed by atoms with Gasteiger partial charge in [0.2, 0.25) is 0 Å². The zero-order chi connectivity index (χ0) is 13.4. The number of ether oxygens (including phenoxy) is 2. The van der Waals surface area contributed by atoms with Gasteiger partial charge < -0.3 is 14.8 Å². The summed E-state index contributed by atoms with van der Waals surface area (Å²) in [5.74, 6) is 1.80. The fraction of sp³-hybridized carbons (Fsp3) is 0.600. The Morgan fingerprint density at radius 1 is 1.21 bits per heavy atom. The molecule has 3 nitrogen and oxygen atoms in total. The first-order valence-electron chi connectivity index (χ1n) is 6.99. The van der Waals surface area contributed by atoms with E-state index in [9.17, 15) is 0 Å². The molecule has 2 unspecified atom stereocenters. The third kappa shape index (κ3) is 2.70. The predicted octanol–water partition coefficient (Wildman–Crippen LogP) is 3.38. The molecule has 104 valence electrons. The number of thioether (sulfide) groups is 1. The third-order valence-electron chi connectivity index (χ3n) is 3.48. The summed E-state index contributed by atoms with van der Waals surface area (Å²) in [6, 6.07) is 5.23. The smallest absolute Gasteiger partial charge is 0.162 e. The van der Waals surface area contributed by atoms with E-state index in [0.29, 0.717) is 30.5 Å². The Hall–Kier alpha value is -0.870. The lowest BCUT2D eigenvalue weighted by Crippen LogP contribution is -2.32. The molecule has 3 rings (SSSR count). The number of fused-ring (bicyclic) bond motifs is 2. The minimum Gasteiger partial charge on any atom is -0.486 e. The van der Waals surface area contributed by atoms with Gasteiger partial charge >= 0.3 is 0 Å². The molecule has 0 saturated heterocycles. The molecule has 19 heavy (non-hydrogen) atoms. The summed E-state index contributed by atoms with van der Waals surface area (Å²) in [5.41, 5.74) is 1.36. The Balaban J connectivity index is 1.97. The van der Waals surface area contributed by atoms with E-state index in [4.69, 9.17) is 9.47 Å². The van der Waals surface area contributed by atoms with Crippen LogP contribution in [0.25, 0.3) is 0 Å². The maximum absolute atomic E-state index is 5.71. The highest BCUT2D eigenvalue weighted by atomic mass is 32.2. The highest BCUT2D eigenvalue weighted by Gasteiger charge is 2.28. The number of rotatable bonds is 2. The lowest BCUT2D eigenvalue weighted by molar-refractivity contribution is 0.170. The average molecular weight is 279 g/mol. The fourth-order valence-electron chi connectivity index (χ4n) is 2.74. The van der Waals surface area contributed by atoms with Crippen molar-refractivity contribution in [2.45, 2.75) is 49.4 Å². The van der Waals surface area contributed by atoms with E-state index in [2.05, 4.69) is 38.2 Å². The number of nitrogens with one attached hydrogen (secondary N) is 1. The van der Waals surface area contributed by atoms with Gasteiger partial charge in [-0.05, 0) is 24.1 Å². The Kier molecular flexibility index (Phi) is 3.63. The molecule has 1 N–H and O–H groups in total. The first-order chi connectivity index (χ1) is 9.13. The van der Waals surface area contributed by atoms with Gasteiger partial charge in [-0.25, -0.2) is 0 Å². The van der Waals surface area contributed by atoms with Crippen molar-refractivity contribution in [3.8, 4) is 11.5 Å². The van der Waals surface area contributed by atoms with E-state index >= 15 is 0 Å². The van der Waals surface area contributed by atoms with Crippen molar-refractivity contribution in [3.05, 3.63) is 17.7 Å². The second-order valence-electron chi connectivity index (χ2n) is 5.57. The van der Waals surface area contributed by atoms with Crippen LogP contribution in [0.4, 0.5) is 0 Å². The second kappa shape index (κ2) is 5.25. The van der Waals surface area contributed by atoms with Crippen molar-refractivity contribution in [2.24, 2.45) is 0 Å². The summed E-state index contributed by atoms with van der Waals surface area (Å²) < 4.78 is 11.4. The summed E-state index contributed by atoms with van der Waals surface area (Å²) in [7, 11) is 0. The summed E-state index contributed by atoms with van der Waals surface area (Å²) >= 11 is 1.94. The molecule has 4 heteroatoms. The third-order valence-corrected chi connectivity index (χ3v) is 4.68. The molecule has 1 aromatic rings. The lowest BCUT2D eigenvalue weighted by Gasteiger charge is -2.33. The molecule has 0 radical (unpaired) electrons. The molecule has 2 aliphatic heterocycles. The Labute approximate surface area is 119 Å². The van der Waals surface area contributed by atoms with Gasteiger partial charge in [-0.1, -0.05) is 20.8 Å². The standard InChI is InChI=1S/C15H21NO2S/c1-9(2)16-12-6-10(3)19-15-8-14-13(7-11(12)15)17-4-5-18-14/h7-10,12,16H,4-6H2,1-3H3. The molecule has 2 aliphatic rings. The van der Waals surface area contributed by atoms with E-state index < -0.39 is 0 Å². The van der Waals surface area contributed by atoms with Crippen LogP contribution in [0.1, 0.15) is 38.8 Å². The van der Waals surface area contributed by atoms with Gasteiger partial charge in [0.1, 0.15) is 13.2 Å². The first kappa shape index (κ1) is 13.1. The van der Waals surface area contributed by atoms with Gasteiger partial charge in [0.15, 0.2) is 11.5 Å². The minimum atomic E-state index is 0.419. The Morgan fingerprint density at radius 2 is 1.89 bits per heavy atom. The van der Waals surface area contributed by atoms with E-state index in [1.807, 2.05) is 11.8 Å². The zero-order valence-electron chi connectivity index (χ0n) is 11.7. The summed E-state index contributed by atoms with van der Waals surface area (Å²) in [6.45, 7) is 7.99. The predicted molar refractivity (Wildman–Crippen MR) is 78.4 cm³/mol. The van der Waals surface area contributed by atoms with Crippen molar-refractivity contribution >= 4 is 11.8 Å². The monoisotopic (exact) mass is 279 g/mol. The quantitative estimate of drug-likeness (QED) is 0.899. The van der Waals surface area contributed by atoms with Gasteiger partial charge in [0, 0.05) is 22.2 Å². The first-order valence-corrected chi connectivity index (χ1v) is 7.87. The van der Waals surface area contributed by atoms with Crippen molar-refractivity contribution in [1.82, 2.24) is 5.32 Å². The SMILES string of the molecule is CC(C)NC1CC(C)Sc2cc3c(cc21)OCCO3. The molecule has 0 aliphatic carbocycles. The van der Waals surface area contributed by atoms with Gasteiger partial charge in [0.05, 0.1) is 0 Å². The van der Waals surface area contributed by atoms with Crippen molar-refractivity contribution < 1.29 is 9.47 Å². The Morgan fingerprint density at radius 3 is 2.58 bits per heavy atom. The van der Waals surface area contributed by atoms with Crippen molar-refractivity contribution in [2.75, 3.05) is 13.2 Å². The van der Waals surface area contributed by atoms with Gasteiger partial charge in [-0.2, -0.15) is 0 Å². The van der Waals surface area contributed by atoms with Crippen LogP contribution in [-0.4, -0.2) is 24.5 Å². The van der Waals surface area contributed by atoms with E-state index in [1.54, 1.807) is 0 Å². The van der Waals surface area contributed by atoms with Gasteiger partial charge in [0.25, 0.3) is 0 Å². The molecule has 2 atom stereocenters. The van der Waals surface area contributed by atoms with Crippen LogP contribution in [0.5, 0.6) is 11.5 Å². The lowest BCUT2D eigenvalue weighted by atomic mass is 9.99.